The lowest BCUT2D eigenvalue weighted by atomic mass is 9.82. The first-order valence-electron chi connectivity index (χ1n) is 15.0. The predicted molar refractivity (Wildman–Crippen MR) is 175 cm³/mol. The Balaban J connectivity index is 1.65. The molecule has 200 valence electrons. The van der Waals surface area contributed by atoms with Crippen LogP contribution in [0, 0.1) is 6.92 Å². The summed E-state index contributed by atoms with van der Waals surface area (Å²) in [7, 11) is 0. The van der Waals surface area contributed by atoms with E-state index in [9.17, 15) is 0 Å². The molecule has 0 heteroatoms. The highest BCUT2D eigenvalue weighted by molar-refractivity contribution is 5.88. The molecule has 1 unspecified atom stereocenters. The molecule has 41 heavy (non-hydrogen) atoms. The molecule has 0 amide bonds. The lowest BCUT2D eigenvalue weighted by molar-refractivity contribution is 0.967. The number of hydrogen-bond acceptors (Lipinski definition) is 0. The second-order valence-corrected chi connectivity index (χ2v) is 11.6. The molecule has 5 aromatic rings. The molecule has 0 aromatic heterocycles. The Kier molecular flexibility index (Phi) is 6.36. The van der Waals surface area contributed by atoms with Gasteiger partial charge in [0, 0.05) is 5.92 Å². The van der Waals surface area contributed by atoms with Crippen LogP contribution < -0.4 is 10.4 Å². The van der Waals surface area contributed by atoms with Gasteiger partial charge in [-0.2, -0.15) is 0 Å². The monoisotopic (exact) mass is 528 g/mol. The number of fused-ring (bicyclic) bond motifs is 4. The second-order valence-electron chi connectivity index (χ2n) is 11.6. The molecule has 0 fully saturated rings. The van der Waals surface area contributed by atoms with Crippen LogP contribution in [0.3, 0.4) is 0 Å². The van der Waals surface area contributed by atoms with E-state index in [0.29, 0.717) is 0 Å². The third kappa shape index (κ3) is 4.21. The van der Waals surface area contributed by atoms with Gasteiger partial charge in [-0.1, -0.05) is 123 Å². The quantitative estimate of drug-likeness (QED) is 0.210. The van der Waals surface area contributed by atoms with Gasteiger partial charge in [-0.3, -0.25) is 0 Å². The molecule has 0 nitrogen and oxygen atoms in total. The molecular formula is C41H36. The molecule has 0 saturated carbocycles. The fraction of sp³-hybridized carbons (Fsp3) is 0.171. The van der Waals surface area contributed by atoms with Crippen molar-refractivity contribution < 1.29 is 0 Å². The van der Waals surface area contributed by atoms with E-state index >= 15 is 0 Å². The van der Waals surface area contributed by atoms with Gasteiger partial charge in [-0.25, -0.2) is 0 Å². The summed E-state index contributed by atoms with van der Waals surface area (Å²) in [5, 5.41) is 2.75. The van der Waals surface area contributed by atoms with Crippen molar-refractivity contribution in [3.8, 4) is 11.1 Å². The normalized spacial score (nSPS) is 14.6. The minimum atomic E-state index is 0.234. The van der Waals surface area contributed by atoms with E-state index < -0.39 is 0 Å². The molecule has 5 aromatic carbocycles. The van der Waals surface area contributed by atoms with Crippen molar-refractivity contribution in [2.45, 2.75) is 46.5 Å². The summed E-state index contributed by atoms with van der Waals surface area (Å²) in [5.41, 5.74) is 17.8. The molecule has 0 saturated heterocycles. The topological polar surface area (TPSA) is 0 Å². The lowest BCUT2D eigenvalue weighted by Crippen LogP contribution is -2.27. The van der Waals surface area contributed by atoms with Gasteiger partial charge in [-0.05, 0) is 116 Å². The maximum atomic E-state index is 2.52. The van der Waals surface area contributed by atoms with E-state index in [1.165, 1.54) is 82.8 Å². The van der Waals surface area contributed by atoms with E-state index in [1.54, 1.807) is 0 Å². The van der Waals surface area contributed by atoms with Crippen molar-refractivity contribution in [1.29, 1.82) is 0 Å². The van der Waals surface area contributed by atoms with Gasteiger partial charge in [0.25, 0.3) is 0 Å². The van der Waals surface area contributed by atoms with Crippen LogP contribution in [0.1, 0.15) is 76.8 Å². The van der Waals surface area contributed by atoms with Gasteiger partial charge >= 0.3 is 0 Å². The summed E-state index contributed by atoms with van der Waals surface area (Å²) in [4.78, 5) is 0. The van der Waals surface area contributed by atoms with Crippen molar-refractivity contribution in [1.82, 2.24) is 0 Å². The van der Waals surface area contributed by atoms with E-state index in [0.717, 1.165) is 12.8 Å². The third-order valence-corrected chi connectivity index (χ3v) is 9.08. The molecule has 0 N–H and O–H groups in total. The fourth-order valence-electron chi connectivity index (χ4n) is 7.09. The first-order valence-corrected chi connectivity index (χ1v) is 15.0. The van der Waals surface area contributed by atoms with E-state index in [2.05, 4.69) is 143 Å². The third-order valence-electron chi connectivity index (χ3n) is 9.08. The molecule has 0 radical (unpaired) electrons. The van der Waals surface area contributed by atoms with Crippen LogP contribution in [0.2, 0.25) is 0 Å². The van der Waals surface area contributed by atoms with Crippen molar-refractivity contribution in [3.63, 3.8) is 0 Å². The molecule has 0 heterocycles. The highest BCUT2D eigenvalue weighted by Gasteiger charge is 2.29. The van der Waals surface area contributed by atoms with Gasteiger partial charge in [0.15, 0.2) is 0 Å². The maximum Gasteiger partial charge on any atom is 0.0290 e. The zero-order chi connectivity index (χ0) is 28.1. The Labute approximate surface area is 244 Å². The van der Waals surface area contributed by atoms with E-state index in [-0.39, 0.29) is 5.92 Å². The largest absolute Gasteiger partial charge is 0.0690 e. The number of hydrogen-bond donors (Lipinski definition) is 0. The van der Waals surface area contributed by atoms with Crippen molar-refractivity contribution in [3.05, 3.63) is 170 Å². The fourth-order valence-corrected chi connectivity index (χ4v) is 7.09. The van der Waals surface area contributed by atoms with Crippen molar-refractivity contribution in [2.24, 2.45) is 0 Å². The highest BCUT2D eigenvalue weighted by Crippen LogP contribution is 2.42. The van der Waals surface area contributed by atoms with Crippen LogP contribution in [0.5, 0.6) is 0 Å². The van der Waals surface area contributed by atoms with Crippen LogP contribution in [0.15, 0.2) is 109 Å². The van der Waals surface area contributed by atoms with Crippen molar-refractivity contribution in [2.75, 3.05) is 0 Å². The van der Waals surface area contributed by atoms with Crippen LogP contribution >= 0.6 is 0 Å². The van der Waals surface area contributed by atoms with Crippen LogP contribution in [0.4, 0.5) is 0 Å². The summed E-state index contributed by atoms with van der Waals surface area (Å²) in [6, 6.07) is 38.5. The van der Waals surface area contributed by atoms with Crippen LogP contribution in [-0.2, 0) is 12.8 Å². The smallest absolute Gasteiger partial charge is 0.0290 e. The average molecular weight is 529 g/mol. The SMILES string of the molecule is CCc1ccc2c(c1)C=c1c-2cc(=C(c2ccccc2)c2ccccc2)c(CC)c1C1C=C(C)c2cc(C)ccc21. The van der Waals surface area contributed by atoms with Gasteiger partial charge in [0.1, 0.15) is 0 Å². The minimum absolute atomic E-state index is 0.234. The summed E-state index contributed by atoms with van der Waals surface area (Å²) in [5.74, 6) is 0.234. The molecule has 2 aliphatic rings. The summed E-state index contributed by atoms with van der Waals surface area (Å²) in [6.07, 6.45) is 7.01. The second kappa shape index (κ2) is 10.2. The Morgan fingerprint density at radius 3 is 2.02 bits per heavy atom. The highest BCUT2D eigenvalue weighted by atomic mass is 14.3. The van der Waals surface area contributed by atoms with Crippen molar-refractivity contribution >= 4 is 17.2 Å². The summed E-state index contributed by atoms with van der Waals surface area (Å²) in [6.45, 7) is 9.06. The van der Waals surface area contributed by atoms with Crippen LogP contribution in [-0.4, -0.2) is 0 Å². The van der Waals surface area contributed by atoms with E-state index in [4.69, 9.17) is 0 Å². The van der Waals surface area contributed by atoms with Gasteiger partial charge in [-0.15, -0.1) is 0 Å². The molecule has 0 aliphatic heterocycles. The van der Waals surface area contributed by atoms with Gasteiger partial charge in [0.05, 0.1) is 0 Å². The van der Waals surface area contributed by atoms with Gasteiger partial charge in [0.2, 0.25) is 0 Å². The number of rotatable bonds is 5. The lowest BCUT2D eigenvalue weighted by Gasteiger charge is -2.21. The molecule has 2 aliphatic carbocycles. The first-order chi connectivity index (χ1) is 20.1. The average Bonchev–Trinajstić information content (AvgIpc) is 3.53. The van der Waals surface area contributed by atoms with Gasteiger partial charge < -0.3 is 0 Å². The zero-order valence-corrected chi connectivity index (χ0v) is 24.5. The number of allylic oxidation sites excluding steroid dienone is 2. The molecule has 0 spiro atoms. The maximum absolute atomic E-state index is 2.52. The Morgan fingerprint density at radius 2 is 1.37 bits per heavy atom. The molecular weight excluding hydrogens is 492 g/mol. The summed E-state index contributed by atoms with van der Waals surface area (Å²) >= 11 is 0. The van der Waals surface area contributed by atoms with Crippen LogP contribution in [0.25, 0.3) is 28.3 Å². The Bertz CT molecular complexity index is 1910. The first kappa shape index (κ1) is 25.5. The summed E-state index contributed by atoms with van der Waals surface area (Å²) < 4.78 is 0. The molecule has 1 atom stereocenters. The molecule has 7 rings (SSSR count). The number of aryl methyl sites for hydroxylation is 2. The zero-order valence-electron chi connectivity index (χ0n) is 24.5. The number of benzene rings is 5. The Hall–Kier alpha value is -4.42. The predicted octanol–water partition coefficient (Wildman–Crippen LogP) is 8.73. The minimum Gasteiger partial charge on any atom is -0.0690 e. The standard InChI is InChI=1S/C41H36/c1-5-28-18-20-33-31(23-28)24-38-36(33)25-39(40(29-13-9-7-10-14-29)30-15-11-8-12-16-30)32(6-2)41(38)37-22-27(4)35-21-26(3)17-19-34(35)37/h7-25,37H,5-6H2,1-4H3. The molecule has 0 bridgehead atoms. The Morgan fingerprint density at radius 1 is 0.659 bits per heavy atom. The van der Waals surface area contributed by atoms with E-state index in [1.807, 2.05) is 0 Å².